The van der Waals surface area contributed by atoms with Crippen LogP contribution in [-0.4, -0.2) is 52.2 Å². The van der Waals surface area contributed by atoms with E-state index in [9.17, 15) is 4.79 Å². The molecule has 0 aromatic carbocycles. The summed E-state index contributed by atoms with van der Waals surface area (Å²) in [5, 5.41) is 10.5. The molecule has 1 amide bonds. The molecule has 0 bridgehead atoms. The first-order chi connectivity index (χ1) is 10.3. The lowest BCUT2D eigenvalue weighted by atomic mass is 9.99. The predicted octanol–water partition coefficient (Wildman–Crippen LogP) is 1.53. The lowest BCUT2D eigenvalue weighted by Gasteiger charge is -2.29. The van der Waals surface area contributed by atoms with Crippen molar-refractivity contribution < 1.29 is 4.79 Å². The minimum atomic E-state index is -0.0226. The summed E-state index contributed by atoms with van der Waals surface area (Å²) >= 11 is 0. The van der Waals surface area contributed by atoms with E-state index in [-0.39, 0.29) is 5.91 Å². The molecule has 1 aliphatic heterocycles. The van der Waals surface area contributed by atoms with Crippen molar-refractivity contribution in [1.29, 1.82) is 0 Å². The van der Waals surface area contributed by atoms with Gasteiger partial charge < -0.3 is 10.2 Å². The number of hydrogen-bond donors (Lipinski definition) is 2. The van der Waals surface area contributed by atoms with Gasteiger partial charge in [-0.05, 0) is 51.1 Å². The highest BCUT2D eigenvalue weighted by Crippen LogP contribution is 2.37. The van der Waals surface area contributed by atoms with Crippen molar-refractivity contribution in [2.24, 2.45) is 5.92 Å². The molecule has 3 rings (SSSR count). The Balaban J connectivity index is 1.64. The Morgan fingerprint density at radius 1 is 1.38 bits per heavy atom. The summed E-state index contributed by atoms with van der Waals surface area (Å²) in [7, 11) is 0. The summed E-state index contributed by atoms with van der Waals surface area (Å²) < 4.78 is 0. The zero-order valence-corrected chi connectivity index (χ0v) is 12.8. The molecule has 2 heterocycles. The summed E-state index contributed by atoms with van der Waals surface area (Å²) in [5.74, 6) is 2.26. The molecule has 2 aliphatic rings. The highest BCUT2D eigenvalue weighted by atomic mass is 16.2. The van der Waals surface area contributed by atoms with E-state index in [1.807, 2.05) is 4.90 Å². The molecular formula is C15H25N5O. The molecule has 1 saturated heterocycles. The Morgan fingerprint density at radius 2 is 2.24 bits per heavy atom. The number of rotatable bonds is 6. The molecule has 1 aromatic heterocycles. The van der Waals surface area contributed by atoms with E-state index in [1.54, 1.807) is 0 Å². The van der Waals surface area contributed by atoms with Crippen molar-refractivity contribution in [3.05, 3.63) is 11.6 Å². The van der Waals surface area contributed by atoms with Crippen LogP contribution >= 0.6 is 0 Å². The molecular weight excluding hydrogens is 266 g/mol. The third-order valence-electron chi connectivity index (χ3n) is 4.32. The fraction of sp³-hybridized carbons (Fsp3) is 0.800. The molecule has 0 radical (unpaired) electrons. The van der Waals surface area contributed by atoms with E-state index in [0.717, 1.165) is 51.3 Å². The molecule has 6 nitrogen and oxygen atoms in total. The number of hydrogen-bond acceptors (Lipinski definition) is 4. The molecule has 6 heteroatoms. The maximum absolute atomic E-state index is 12.6. The Bertz CT molecular complexity index is 476. The first kappa shape index (κ1) is 14.5. The van der Waals surface area contributed by atoms with Crippen molar-refractivity contribution >= 4 is 5.91 Å². The second kappa shape index (κ2) is 6.56. The SMILES string of the molecule is CCCN(CC1CCCNC1)C(=O)c1n[nH]c(C2CC2)n1. The van der Waals surface area contributed by atoms with Gasteiger partial charge in [-0.15, -0.1) is 5.10 Å². The monoisotopic (exact) mass is 291 g/mol. The summed E-state index contributed by atoms with van der Waals surface area (Å²) in [5.41, 5.74) is 0. The number of nitrogens with one attached hydrogen (secondary N) is 2. The Labute approximate surface area is 125 Å². The summed E-state index contributed by atoms with van der Waals surface area (Å²) in [4.78, 5) is 18.9. The van der Waals surface area contributed by atoms with Gasteiger partial charge in [0.1, 0.15) is 5.82 Å². The van der Waals surface area contributed by atoms with E-state index < -0.39 is 0 Å². The average molecular weight is 291 g/mol. The molecule has 116 valence electrons. The second-order valence-electron chi connectivity index (χ2n) is 6.28. The van der Waals surface area contributed by atoms with E-state index in [1.165, 1.54) is 12.8 Å². The quantitative estimate of drug-likeness (QED) is 0.833. The average Bonchev–Trinajstić information content (AvgIpc) is 3.25. The van der Waals surface area contributed by atoms with Gasteiger partial charge in [-0.3, -0.25) is 9.89 Å². The first-order valence-corrected chi connectivity index (χ1v) is 8.20. The summed E-state index contributed by atoms with van der Waals surface area (Å²) in [6.07, 6.45) is 5.68. The topological polar surface area (TPSA) is 73.9 Å². The van der Waals surface area contributed by atoms with Crippen LogP contribution in [0.2, 0.25) is 0 Å². The Morgan fingerprint density at radius 3 is 2.90 bits per heavy atom. The van der Waals surface area contributed by atoms with Crippen LogP contribution in [0.5, 0.6) is 0 Å². The zero-order chi connectivity index (χ0) is 14.7. The Kier molecular flexibility index (Phi) is 4.53. The molecule has 21 heavy (non-hydrogen) atoms. The van der Waals surface area contributed by atoms with Crippen LogP contribution < -0.4 is 5.32 Å². The maximum atomic E-state index is 12.6. The molecule has 2 fully saturated rings. The van der Waals surface area contributed by atoms with Crippen molar-refractivity contribution in [1.82, 2.24) is 25.4 Å². The highest BCUT2D eigenvalue weighted by Gasteiger charge is 2.29. The predicted molar refractivity (Wildman–Crippen MR) is 80.1 cm³/mol. The van der Waals surface area contributed by atoms with Gasteiger partial charge in [0.05, 0.1) is 0 Å². The van der Waals surface area contributed by atoms with Crippen LogP contribution in [0.1, 0.15) is 61.4 Å². The molecule has 2 N–H and O–H groups in total. The van der Waals surface area contributed by atoms with Crippen LogP contribution in [0.25, 0.3) is 0 Å². The van der Waals surface area contributed by atoms with Crippen LogP contribution in [0, 0.1) is 5.92 Å². The highest BCUT2D eigenvalue weighted by molar-refractivity contribution is 5.90. The van der Waals surface area contributed by atoms with Gasteiger partial charge >= 0.3 is 0 Å². The van der Waals surface area contributed by atoms with E-state index in [4.69, 9.17) is 0 Å². The number of carbonyl (C=O) groups excluding carboxylic acids is 1. The van der Waals surface area contributed by atoms with Gasteiger partial charge in [-0.25, -0.2) is 4.98 Å². The van der Waals surface area contributed by atoms with Crippen LogP contribution in [-0.2, 0) is 0 Å². The standard InChI is InChI=1S/C15H25N5O/c1-2-8-20(10-11-4-3-7-16-9-11)15(21)14-17-13(18-19-14)12-5-6-12/h11-12,16H,2-10H2,1H3,(H,17,18,19). The van der Waals surface area contributed by atoms with Crippen molar-refractivity contribution in [2.75, 3.05) is 26.2 Å². The minimum Gasteiger partial charge on any atom is -0.336 e. The number of nitrogens with zero attached hydrogens (tertiary/aromatic N) is 3. The Hall–Kier alpha value is -1.43. The molecule has 0 spiro atoms. The minimum absolute atomic E-state index is 0.0226. The number of piperidine rings is 1. The van der Waals surface area contributed by atoms with Gasteiger partial charge in [0, 0.05) is 19.0 Å². The molecule has 1 aliphatic carbocycles. The van der Waals surface area contributed by atoms with E-state index in [0.29, 0.717) is 17.7 Å². The number of carbonyl (C=O) groups is 1. The van der Waals surface area contributed by atoms with E-state index >= 15 is 0 Å². The van der Waals surface area contributed by atoms with Gasteiger partial charge in [0.25, 0.3) is 5.91 Å². The molecule has 1 atom stereocenters. The van der Waals surface area contributed by atoms with Crippen molar-refractivity contribution in [2.45, 2.75) is 44.9 Å². The number of aromatic nitrogens is 3. The van der Waals surface area contributed by atoms with E-state index in [2.05, 4.69) is 27.4 Å². The van der Waals surface area contributed by atoms with Gasteiger partial charge in [0.2, 0.25) is 5.82 Å². The summed E-state index contributed by atoms with van der Waals surface area (Å²) in [6, 6.07) is 0. The van der Waals surface area contributed by atoms with Gasteiger partial charge in [-0.1, -0.05) is 6.92 Å². The normalized spacial score (nSPS) is 22.2. The second-order valence-corrected chi connectivity index (χ2v) is 6.28. The molecule has 1 unspecified atom stereocenters. The number of amides is 1. The van der Waals surface area contributed by atoms with Crippen LogP contribution in [0.3, 0.4) is 0 Å². The third kappa shape index (κ3) is 3.61. The lowest BCUT2D eigenvalue weighted by Crippen LogP contribution is -2.41. The van der Waals surface area contributed by atoms with Crippen molar-refractivity contribution in [3.63, 3.8) is 0 Å². The molecule has 1 saturated carbocycles. The fourth-order valence-electron chi connectivity index (χ4n) is 2.99. The largest absolute Gasteiger partial charge is 0.336 e. The zero-order valence-electron chi connectivity index (χ0n) is 12.8. The van der Waals surface area contributed by atoms with Crippen LogP contribution in [0.15, 0.2) is 0 Å². The van der Waals surface area contributed by atoms with Crippen molar-refractivity contribution in [3.8, 4) is 0 Å². The van der Waals surface area contributed by atoms with Crippen LogP contribution in [0.4, 0.5) is 0 Å². The van der Waals surface area contributed by atoms with Gasteiger partial charge in [0.15, 0.2) is 0 Å². The third-order valence-corrected chi connectivity index (χ3v) is 4.32. The molecule has 1 aromatic rings. The fourth-order valence-corrected chi connectivity index (χ4v) is 2.99. The number of aromatic amines is 1. The lowest BCUT2D eigenvalue weighted by molar-refractivity contribution is 0.0707. The van der Waals surface area contributed by atoms with Gasteiger partial charge in [-0.2, -0.15) is 0 Å². The smallest absolute Gasteiger partial charge is 0.293 e. The summed E-state index contributed by atoms with van der Waals surface area (Å²) in [6.45, 7) is 5.81. The first-order valence-electron chi connectivity index (χ1n) is 8.20. The maximum Gasteiger partial charge on any atom is 0.293 e. The number of H-pyrrole nitrogens is 1.